The lowest BCUT2D eigenvalue weighted by atomic mass is 10.00. The molecule has 7 rings (SSSR count). The first-order valence-corrected chi connectivity index (χ1v) is 16.4. The number of fused-ring (bicyclic) bond motifs is 2. The van der Waals surface area contributed by atoms with Crippen molar-refractivity contribution in [1.82, 2.24) is 5.32 Å². The van der Waals surface area contributed by atoms with Gasteiger partial charge in [0, 0.05) is 80.8 Å². The second-order valence-electron chi connectivity index (χ2n) is 11.8. The van der Waals surface area contributed by atoms with Gasteiger partial charge in [-0.15, -0.1) is 0 Å². The van der Waals surface area contributed by atoms with Crippen molar-refractivity contribution in [3.05, 3.63) is 134 Å². The van der Waals surface area contributed by atoms with Crippen LogP contribution in [-0.4, -0.2) is 37.7 Å². The fourth-order valence-electron chi connectivity index (χ4n) is 6.13. The molecule has 0 spiro atoms. The van der Waals surface area contributed by atoms with Gasteiger partial charge in [0.05, 0.1) is 10.2 Å². The van der Waals surface area contributed by atoms with E-state index in [9.17, 15) is 27.2 Å². The van der Waals surface area contributed by atoms with E-state index in [1.165, 1.54) is 62.4 Å². The lowest BCUT2D eigenvalue weighted by molar-refractivity contribution is 0.0980. The first-order chi connectivity index (χ1) is 23.5. The van der Waals surface area contributed by atoms with Gasteiger partial charge in [-0.25, -0.2) is 17.6 Å². The van der Waals surface area contributed by atoms with Gasteiger partial charge in [0.25, 0.3) is 0 Å². The Morgan fingerprint density at radius 3 is 1.69 bits per heavy atom. The number of piperazine rings is 1. The minimum atomic E-state index is -0.434. The van der Waals surface area contributed by atoms with Crippen LogP contribution in [0.5, 0.6) is 0 Å². The smallest absolute Gasteiger partial charge is 0.195 e. The van der Waals surface area contributed by atoms with Crippen LogP contribution in [0, 0.1) is 23.3 Å². The molecule has 1 aliphatic rings. The predicted molar refractivity (Wildman–Crippen MR) is 184 cm³/mol. The molecular formula is C38H31BrF4N2O4. The molecule has 49 heavy (non-hydrogen) atoms. The van der Waals surface area contributed by atoms with Crippen molar-refractivity contribution in [3.8, 4) is 0 Å². The monoisotopic (exact) mass is 734 g/mol. The number of carbonyl (C=O) groups excluding carboxylic acids is 2. The van der Waals surface area contributed by atoms with Gasteiger partial charge in [0.2, 0.25) is 0 Å². The van der Waals surface area contributed by atoms with Crippen molar-refractivity contribution in [3.63, 3.8) is 0 Å². The summed E-state index contributed by atoms with van der Waals surface area (Å²) in [6.45, 7) is 5.87. The molecule has 2 aromatic heterocycles. The number of nitrogens with one attached hydrogen (secondary N) is 1. The highest BCUT2D eigenvalue weighted by molar-refractivity contribution is 9.10. The summed E-state index contributed by atoms with van der Waals surface area (Å²) in [5.41, 5.74) is 4.12. The number of furan rings is 2. The van der Waals surface area contributed by atoms with Crippen molar-refractivity contribution in [2.24, 2.45) is 0 Å². The molecule has 1 N–H and O–H groups in total. The summed E-state index contributed by atoms with van der Waals surface area (Å²) >= 11 is 3.24. The van der Waals surface area contributed by atoms with E-state index in [2.05, 4.69) is 26.1 Å². The van der Waals surface area contributed by atoms with Gasteiger partial charge in [-0.3, -0.25) is 9.59 Å². The molecule has 0 bridgehead atoms. The Kier molecular flexibility index (Phi) is 10.0. The van der Waals surface area contributed by atoms with Gasteiger partial charge >= 0.3 is 0 Å². The van der Waals surface area contributed by atoms with E-state index in [1.54, 1.807) is 24.3 Å². The Bertz CT molecular complexity index is 2200. The normalized spacial score (nSPS) is 13.1. The average molecular weight is 736 g/mol. The number of benzene rings is 4. The zero-order valence-electron chi connectivity index (χ0n) is 26.6. The van der Waals surface area contributed by atoms with Crippen LogP contribution < -0.4 is 10.2 Å². The molecule has 252 valence electrons. The van der Waals surface area contributed by atoms with Crippen molar-refractivity contribution in [1.29, 1.82) is 0 Å². The van der Waals surface area contributed by atoms with Crippen molar-refractivity contribution < 1.29 is 36.0 Å². The number of rotatable bonds is 7. The minimum absolute atomic E-state index is 0.172. The average Bonchev–Trinajstić information content (AvgIpc) is 3.60. The highest BCUT2D eigenvalue weighted by atomic mass is 79.9. The first-order valence-electron chi connectivity index (χ1n) is 15.6. The molecule has 6 nitrogen and oxygen atoms in total. The Balaban J connectivity index is 0.000000174. The number of hydrogen-bond acceptors (Lipinski definition) is 6. The molecule has 3 heterocycles. The van der Waals surface area contributed by atoms with E-state index in [1.807, 2.05) is 0 Å². The number of Topliss-reactive ketones (excluding diaryl/α,β-unsaturated/α-hetero) is 2. The minimum Gasteiger partial charge on any atom is -0.451 e. The van der Waals surface area contributed by atoms with Crippen LogP contribution in [0.3, 0.4) is 0 Å². The summed E-state index contributed by atoms with van der Waals surface area (Å²) in [6, 6.07) is 17.7. The summed E-state index contributed by atoms with van der Waals surface area (Å²) in [5.74, 6) is -1.64. The van der Waals surface area contributed by atoms with Gasteiger partial charge in [0.15, 0.2) is 28.7 Å². The molecule has 4 aromatic carbocycles. The van der Waals surface area contributed by atoms with E-state index in [4.69, 9.17) is 8.83 Å². The van der Waals surface area contributed by atoms with Gasteiger partial charge in [-0.2, -0.15) is 0 Å². The fourth-order valence-corrected chi connectivity index (χ4v) is 6.65. The maximum atomic E-state index is 14.4. The third kappa shape index (κ3) is 7.47. The SMILES string of the molecule is CC(=O)c1oc2c(Br)cc(F)cc2c1Cc1cccc(F)c1.CC(=O)c1oc2c(N3CCNCC3)cc(F)cc2c1Cc1cccc(F)c1. The van der Waals surface area contributed by atoms with Crippen LogP contribution in [-0.2, 0) is 12.8 Å². The topological polar surface area (TPSA) is 75.7 Å². The zero-order chi connectivity index (χ0) is 34.8. The third-order valence-corrected chi connectivity index (χ3v) is 8.88. The number of carbonyl (C=O) groups is 2. The highest BCUT2D eigenvalue weighted by Gasteiger charge is 2.24. The molecule has 0 amide bonds. The quantitative estimate of drug-likeness (QED) is 0.130. The van der Waals surface area contributed by atoms with Crippen LogP contribution in [0.25, 0.3) is 21.9 Å². The van der Waals surface area contributed by atoms with Gasteiger partial charge < -0.3 is 19.1 Å². The lowest BCUT2D eigenvalue weighted by Gasteiger charge is -2.29. The Morgan fingerprint density at radius 1 is 0.694 bits per heavy atom. The Labute approximate surface area is 287 Å². The van der Waals surface area contributed by atoms with Gasteiger partial charge in [-0.05, 0) is 69.5 Å². The molecule has 0 radical (unpaired) electrons. The molecule has 0 atom stereocenters. The summed E-state index contributed by atoms with van der Waals surface area (Å²) in [6.07, 6.45) is 0.583. The van der Waals surface area contributed by atoms with E-state index in [0.29, 0.717) is 60.8 Å². The van der Waals surface area contributed by atoms with Crippen LogP contribution in [0.1, 0.15) is 57.2 Å². The molecular weight excluding hydrogens is 704 g/mol. The molecule has 6 aromatic rings. The number of nitrogens with zero attached hydrogens (tertiary/aromatic N) is 1. The van der Waals surface area contributed by atoms with Crippen molar-refractivity contribution in [2.45, 2.75) is 26.7 Å². The number of ketones is 2. The first kappa shape index (κ1) is 34.1. The summed E-state index contributed by atoms with van der Waals surface area (Å²) in [7, 11) is 0. The molecule has 0 unspecified atom stereocenters. The van der Waals surface area contributed by atoms with E-state index in [0.717, 1.165) is 26.2 Å². The van der Waals surface area contributed by atoms with Crippen LogP contribution in [0.4, 0.5) is 23.2 Å². The molecule has 0 aliphatic carbocycles. The second kappa shape index (κ2) is 14.4. The molecule has 0 saturated carbocycles. The van der Waals surface area contributed by atoms with E-state index in [-0.39, 0.29) is 47.0 Å². The maximum absolute atomic E-state index is 14.4. The standard InChI is InChI=1S/C21H20F2N2O2.C17H11BrF2O2/c1-13(26)20-17(10-14-3-2-4-15(22)9-14)18-11-16(23)12-19(21(18)27-20)25-7-5-24-6-8-25;1-9(21)16-13(6-10-3-2-4-11(19)5-10)14-7-12(20)8-15(18)17(14)22-16/h2-4,9,11-12,24H,5-8,10H2,1H3;2-5,7-8H,6H2,1H3. The van der Waals surface area contributed by atoms with Gasteiger partial charge in [0.1, 0.15) is 28.9 Å². The second-order valence-corrected chi connectivity index (χ2v) is 12.7. The lowest BCUT2D eigenvalue weighted by Crippen LogP contribution is -2.43. The van der Waals surface area contributed by atoms with Crippen molar-refractivity contribution >= 4 is 55.1 Å². The fraction of sp³-hybridized carbons (Fsp3) is 0.211. The number of anilines is 1. The summed E-state index contributed by atoms with van der Waals surface area (Å²) in [4.78, 5) is 26.0. The van der Waals surface area contributed by atoms with E-state index < -0.39 is 5.82 Å². The molecule has 1 aliphatic heterocycles. The predicted octanol–water partition coefficient (Wildman–Crippen LogP) is 9.18. The molecule has 1 saturated heterocycles. The summed E-state index contributed by atoms with van der Waals surface area (Å²) in [5, 5.41) is 4.35. The zero-order valence-corrected chi connectivity index (χ0v) is 28.2. The van der Waals surface area contributed by atoms with E-state index >= 15 is 0 Å². The van der Waals surface area contributed by atoms with Crippen LogP contribution in [0.2, 0.25) is 0 Å². The molecule has 1 fully saturated rings. The van der Waals surface area contributed by atoms with Crippen LogP contribution in [0.15, 0.2) is 86.1 Å². The third-order valence-electron chi connectivity index (χ3n) is 8.29. The van der Waals surface area contributed by atoms with Crippen LogP contribution >= 0.6 is 15.9 Å². The van der Waals surface area contributed by atoms with Gasteiger partial charge in [-0.1, -0.05) is 24.3 Å². The maximum Gasteiger partial charge on any atom is 0.195 e. The van der Waals surface area contributed by atoms with Crippen molar-refractivity contribution in [2.75, 3.05) is 31.1 Å². The summed E-state index contributed by atoms with van der Waals surface area (Å²) < 4.78 is 67.0. The number of halogens is 5. The highest BCUT2D eigenvalue weighted by Crippen LogP contribution is 2.37. The largest absolute Gasteiger partial charge is 0.451 e. The molecule has 11 heteroatoms. The Hall–Kier alpha value is -4.74. The number of hydrogen-bond donors (Lipinski definition) is 1. The Morgan fingerprint density at radius 2 is 1.18 bits per heavy atom.